The monoisotopic (exact) mass is 1630 g/mol. The van der Waals surface area contributed by atoms with Crippen LogP contribution in [0.2, 0.25) is 0 Å². The predicted octanol–water partition coefficient (Wildman–Crippen LogP) is 12.0. The number of benzene rings is 5. The van der Waals surface area contributed by atoms with E-state index in [1.807, 2.05) is 6.92 Å². The van der Waals surface area contributed by atoms with E-state index in [1.54, 1.807) is 45.0 Å². The van der Waals surface area contributed by atoms with Crippen molar-refractivity contribution in [3.63, 3.8) is 0 Å². The molecule has 33 heteroatoms. The van der Waals surface area contributed by atoms with Crippen LogP contribution >= 0.6 is 0 Å². The molecule has 10 aliphatic rings. The highest BCUT2D eigenvalue weighted by atomic mass is 32.2. The van der Waals surface area contributed by atoms with Gasteiger partial charge in [0.15, 0.2) is 0 Å². The Morgan fingerprint density at radius 3 is 0.991 bits per heavy atom. The molecule has 5 saturated carbocycles. The smallest absolute Gasteiger partial charge is 0.349 e. The molecule has 15 rings (SSSR count). The van der Waals surface area contributed by atoms with E-state index in [0.29, 0.717) is 159 Å². The summed E-state index contributed by atoms with van der Waals surface area (Å²) in [6.07, 6.45) is -10.8. The molecule has 0 radical (unpaired) electrons. The van der Waals surface area contributed by atoms with Crippen LogP contribution in [0.25, 0.3) is 0 Å². The molecule has 5 N–H and O–H groups in total. The number of rotatable bonds is 21. The zero-order valence-electron chi connectivity index (χ0n) is 61.8. The van der Waals surface area contributed by atoms with E-state index in [-0.39, 0.29) is 47.7 Å². The Morgan fingerprint density at radius 2 is 0.702 bits per heavy atom. The first kappa shape index (κ1) is 85.7. The summed E-state index contributed by atoms with van der Waals surface area (Å²) in [6.45, 7) is 28.5. The summed E-state index contributed by atoms with van der Waals surface area (Å²) in [6, 6.07) is 27.6. The van der Waals surface area contributed by atoms with Gasteiger partial charge in [-0.15, -0.1) is 0 Å². The molecule has 14 atom stereocenters. The number of halogens is 15. The van der Waals surface area contributed by atoms with E-state index in [4.69, 9.17) is 0 Å². The zero-order chi connectivity index (χ0) is 82.9. The summed E-state index contributed by atoms with van der Waals surface area (Å²) < 4.78 is 212. The van der Waals surface area contributed by atoms with Crippen molar-refractivity contribution in [1.29, 1.82) is 0 Å². The zero-order valence-corrected chi connectivity index (χ0v) is 62.6. The summed E-state index contributed by atoms with van der Waals surface area (Å²) in [4.78, 5) is 66.0. The van der Waals surface area contributed by atoms with E-state index >= 15 is 0 Å². The summed E-state index contributed by atoms with van der Waals surface area (Å²) >= 11 is 0. The van der Waals surface area contributed by atoms with Crippen LogP contribution in [0.3, 0.4) is 0 Å². The summed E-state index contributed by atoms with van der Waals surface area (Å²) in [5.74, 6) is 3.63. The second kappa shape index (κ2) is 34.3. The van der Waals surface area contributed by atoms with Crippen molar-refractivity contribution in [1.82, 2.24) is 51.1 Å². The fourth-order valence-electron chi connectivity index (χ4n) is 16.5. The van der Waals surface area contributed by atoms with Crippen LogP contribution in [0.5, 0.6) is 0 Å². The number of piperidine rings is 5. The number of hydrogen-bond acceptors (Lipinski definition) is 12. The van der Waals surface area contributed by atoms with Gasteiger partial charge < -0.3 is 41.3 Å². The molecule has 6 unspecified atom stereocenters. The summed E-state index contributed by atoms with van der Waals surface area (Å²) in [5, 5.41) is 15.7. The number of sulfone groups is 1. The van der Waals surface area contributed by atoms with Gasteiger partial charge >= 0.3 is 30.2 Å². The number of carbonyl (C=O) groups is 5. The van der Waals surface area contributed by atoms with E-state index < -0.39 is 67.2 Å². The third-order valence-electron chi connectivity index (χ3n) is 23.1. The summed E-state index contributed by atoms with van der Waals surface area (Å²) in [5.41, 5.74) is -4.28. The first-order valence-electron chi connectivity index (χ1n) is 37.0. The number of nitrogens with one attached hydrogen (secondary N) is 5. The number of nitrogens with zero attached hydrogens (tertiary/aromatic N) is 5. The molecule has 5 aromatic rings. The van der Waals surface area contributed by atoms with Gasteiger partial charge in [0.25, 0.3) is 9.84 Å². The average molecular weight is 1630 g/mol. The molecule has 5 amide bonds. The molecule has 5 aromatic carbocycles. The lowest BCUT2D eigenvalue weighted by Gasteiger charge is -2.27. The number of carbonyl (C=O) groups excluding carboxylic acids is 5. The van der Waals surface area contributed by atoms with Crippen molar-refractivity contribution in [2.45, 2.75) is 104 Å². The molecule has 0 aromatic heterocycles. The Balaban J connectivity index is 0.000000141. The van der Waals surface area contributed by atoms with Crippen molar-refractivity contribution >= 4 is 39.4 Å². The topological polar surface area (TPSA) is 196 Å². The number of fused-ring (bicyclic) bond motifs is 5. The average Bonchev–Trinajstić information content (AvgIpc) is 1.61. The molecule has 0 spiro atoms. The highest BCUT2D eigenvalue weighted by Crippen LogP contribution is 2.51. The minimum atomic E-state index is -5.31. The fraction of sp³-hybridized carbons (Fsp3) is 0.444. The van der Waals surface area contributed by atoms with Gasteiger partial charge in [-0.1, -0.05) is 112 Å². The van der Waals surface area contributed by atoms with Gasteiger partial charge in [-0.3, -0.25) is 33.8 Å². The van der Waals surface area contributed by atoms with E-state index in [9.17, 15) is 98.2 Å². The van der Waals surface area contributed by atoms with Gasteiger partial charge in [0.1, 0.15) is 0 Å². The van der Waals surface area contributed by atoms with Gasteiger partial charge in [0, 0.05) is 128 Å². The van der Waals surface area contributed by atoms with E-state index in [1.165, 1.54) is 78.9 Å². The number of amides is 5. The van der Waals surface area contributed by atoms with Crippen LogP contribution in [0, 0.1) is 59.2 Å². The lowest BCUT2D eigenvalue weighted by Crippen LogP contribution is -2.35. The highest BCUT2D eigenvalue weighted by Gasteiger charge is 2.60. The van der Waals surface area contributed by atoms with Gasteiger partial charge in [-0.05, 0) is 167 Å². The molecule has 5 heterocycles. The lowest BCUT2D eigenvalue weighted by molar-refractivity contribution is -0.138. The largest absolute Gasteiger partial charge is 0.501 e. The van der Waals surface area contributed by atoms with Crippen molar-refractivity contribution in [3.8, 4) is 0 Å². The van der Waals surface area contributed by atoms with Crippen LogP contribution in [0.1, 0.15) is 63.0 Å². The highest BCUT2D eigenvalue weighted by molar-refractivity contribution is 7.92. The van der Waals surface area contributed by atoms with Crippen LogP contribution in [-0.4, -0.2) is 164 Å². The van der Waals surface area contributed by atoms with Crippen molar-refractivity contribution in [2.24, 2.45) is 59.2 Å². The molecule has 0 bridgehead atoms. The molecule has 17 nitrogen and oxygen atoms in total. The second-order valence-electron chi connectivity index (χ2n) is 30.3. The maximum absolute atomic E-state index is 12.7. The fourth-order valence-corrected chi connectivity index (χ4v) is 17.3. The normalized spacial score (nSPS) is 26.8. The van der Waals surface area contributed by atoms with Crippen LogP contribution in [0.15, 0.2) is 189 Å². The molecule has 614 valence electrons. The minimum absolute atomic E-state index is 0.0520. The third kappa shape index (κ3) is 20.7. The summed E-state index contributed by atoms with van der Waals surface area (Å²) in [7, 11) is -5.31. The molecule has 10 fully saturated rings. The predicted molar refractivity (Wildman–Crippen MR) is 392 cm³/mol. The first-order chi connectivity index (χ1) is 53.6. The SMILES string of the molecule is C=CC(=O)N1CC2C(C1)C2NCc1cccc(C(F)(F)F)c1.C=CC(=O)N1C[C@@H]2C(NCc3cccc(C(F)(F)F)c3)[C@@H]2C1.C=CC(=O)N1C[C@@H]2C(NCc3cccc(C(F)(F)F)c3)[C@H]2C1.C=CC(=O)NC1[C@H]2CN(C(C)c3ccc(C(F)(F)F)cc3)C[C@@H]12.C=CC(=O)NC1[C@H]2CN(Cc3ccc(S(=O)(=O)C(F)(F)F)cc3)C[C@@H]12. The maximum Gasteiger partial charge on any atom is 0.501 e. The third-order valence-corrected chi connectivity index (χ3v) is 24.6. The lowest BCUT2D eigenvalue weighted by atomic mass is 10.0. The van der Waals surface area contributed by atoms with Gasteiger partial charge in [-0.2, -0.15) is 65.9 Å². The van der Waals surface area contributed by atoms with Gasteiger partial charge in [0.05, 0.1) is 27.1 Å². The quantitative estimate of drug-likeness (QED) is 0.0345. The van der Waals surface area contributed by atoms with E-state index in [2.05, 4.69) is 69.3 Å². The molecular formula is C81H87F15N10O7S. The standard InChI is InChI=1S/C17H19F3N2O.C16H17F3N2O3S.3C16H17F3N2O/c1-3-15(23)21-16-13-8-22(9-14(13)16)10(2)11-4-6-12(7-5-11)17(18,19)20;1-2-14(22)20-15-12-8-21(9-13(12)15)7-10-3-5-11(6-4-10)25(23,24)16(17,18)19;3*1-2-14(22)21-8-12-13(9-21)15(12)20-7-10-4-3-5-11(6-10)16(17,18)19/h3-7,10,13-14,16H,1,8-9H2,2H3,(H,21,23);2-6,12-13,15H,1,7-9H2,(H,20,22);3*2-6,12-13,15,20H,1,7-9H2/t10?,13-,14+,16?;2*12-,13+,15?;12-,13-;/m...0./s1. The maximum atomic E-state index is 12.7. The first-order valence-corrected chi connectivity index (χ1v) is 38.4. The van der Waals surface area contributed by atoms with Gasteiger partial charge in [0.2, 0.25) is 29.5 Å². The van der Waals surface area contributed by atoms with Crippen LogP contribution < -0.4 is 26.6 Å². The van der Waals surface area contributed by atoms with Crippen molar-refractivity contribution in [2.75, 3.05) is 65.4 Å². The molecular weight excluding hydrogens is 1540 g/mol. The Morgan fingerprint density at radius 1 is 0.395 bits per heavy atom. The number of likely N-dealkylation sites (tertiary alicyclic amines) is 5. The van der Waals surface area contributed by atoms with Crippen molar-refractivity contribution < 1.29 is 98.2 Å². The van der Waals surface area contributed by atoms with E-state index in [0.717, 1.165) is 79.8 Å². The Labute approximate surface area is 649 Å². The molecule has 5 saturated heterocycles. The molecule has 5 aliphatic heterocycles. The number of hydrogen-bond donors (Lipinski definition) is 5. The number of alkyl halides is 15. The van der Waals surface area contributed by atoms with Crippen LogP contribution in [0.4, 0.5) is 65.9 Å². The van der Waals surface area contributed by atoms with Crippen molar-refractivity contribution in [3.05, 3.63) is 235 Å². The Hall–Kier alpha value is -9.15. The minimum Gasteiger partial charge on any atom is -0.349 e. The Bertz CT molecular complexity index is 4190. The Kier molecular flexibility index (Phi) is 25.8. The molecule has 5 aliphatic carbocycles. The van der Waals surface area contributed by atoms with Crippen LogP contribution in [-0.2, 0) is 84.7 Å². The van der Waals surface area contributed by atoms with Gasteiger partial charge in [-0.25, -0.2) is 8.42 Å². The second-order valence-corrected chi connectivity index (χ2v) is 32.3. The molecule has 114 heavy (non-hydrogen) atoms.